The summed E-state index contributed by atoms with van der Waals surface area (Å²) in [6, 6.07) is 13.6. The van der Waals surface area contributed by atoms with E-state index >= 15 is 0 Å². The van der Waals surface area contributed by atoms with Gasteiger partial charge in [-0.3, -0.25) is 5.21 Å². The van der Waals surface area contributed by atoms with Crippen LogP contribution in [0, 0.1) is 5.21 Å². The molecule has 5 heteroatoms. The van der Waals surface area contributed by atoms with Gasteiger partial charge in [0, 0.05) is 12.1 Å². The number of rotatable bonds is 1. The minimum atomic E-state index is -1.04. The highest BCUT2D eigenvalue weighted by Gasteiger charge is 2.38. The molecule has 5 nitrogen and oxygen atoms in total. The first-order valence-electron chi connectivity index (χ1n) is 5.52. The van der Waals surface area contributed by atoms with Crippen LogP contribution >= 0.6 is 0 Å². The van der Waals surface area contributed by atoms with E-state index in [-0.39, 0.29) is 0 Å². The van der Waals surface area contributed by atoms with Gasteiger partial charge in [0.05, 0.1) is 7.11 Å². The van der Waals surface area contributed by atoms with Crippen molar-refractivity contribution in [3.8, 4) is 0 Å². The number of nitrogens with zero attached hydrogens (tertiary/aromatic N) is 2. The van der Waals surface area contributed by atoms with Crippen molar-refractivity contribution in [2.45, 2.75) is 0 Å². The predicted octanol–water partition coefficient (Wildman–Crippen LogP) is 3.23. The second kappa shape index (κ2) is 3.79. The number of hydrogen-bond donors (Lipinski definition) is 1. The molecule has 1 heterocycles. The van der Waals surface area contributed by atoms with Gasteiger partial charge in [0.1, 0.15) is 11.4 Å². The maximum Gasteiger partial charge on any atom is 0.197 e. The van der Waals surface area contributed by atoms with Gasteiger partial charge in [-0.2, -0.15) is 4.84 Å². The summed E-state index contributed by atoms with van der Waals surface area (Å²) in [4.78, 5) is 4.09. The van der Waals surface area contributed by atoms with Crippen molar-refractivity contribution in [1.29, 1.82) is 0 Å². The summed E-state index contributed by atoms with van der Waals surface area (Å²) < 4.78 is 0. The van der Waals surface area contributed by atoms with E-state index in [4.69, 9.17) is 4.84 Å². The van der Waals surface area contributed by atoms with Gasteiger partial charge in [-0.15, -0.1) is 4.81 Å². The molecule has 0 radical (unpaired) electrons. The molecule has 0 saturated carbocycles. The molecular weight excluding hydrogens is 232 g/mol. The van der Waals surface area contributed by atoms with E-state index in [1.165, 1.54) is 7.11 Å². The van der Waals surface area contributed by atoms with Gasteiger partial charge in [-0.25, -0.2) is 5.06 Å². The Morgan fingerprint density at radius 1 is 1.00 bits per heavy atom. The number of quaternary nitrogens is 1. The van der Waals surface area contributed by atoms with Crippen LogP contribution in [-0.4, -0.2) is 12.3 Å². The average molecular weight is 244 g/mol. The van der Waals surface area contributed by atoms with Gasteiger partial charge in [-0.1, -0.05) is 24.3 Å². The summed E-state index contributed by atoms with van der Waals surface area (Å²) in [7, 11) is 1.35. The first kappa shape index (κ1) is 11.2. The lowest BCUT2D eigenvalue weighted by molar-refractivity contribution is -0.0302. The third kappa shape index (κ3) is 1.30. The second-order valence-electron chi connectivity index (χ2n) is 4.02. The van der Waals surface area contributed by atoms with E-state index in [0.717, 1.165) is 5.06 Å². The Morgan fingerprint density at radius 3 is 1.89 bits per heavy atom. The van der Waals surface area contributed by atoms with Crippen LogP contribution in [0.4, 0.5) is 22.7 Å². The summed E-state index contributed by atoms with van der Waals surface area (Å²) in [5, 5.41) is 24.0. The second-order valence-corrected chi connectivity index (χ2v) is 4.02. The molecular formula is C13H12N2O3. The molecule has 18 heavy (non-hydrogen) atoms. The molecule has 1 aliphatic rings. The topological polar surface area (TPSA) is 55.8 Å². The van der Waals surface area contributed by atoms with Gasteiger partial charge < -0.3 is 5.21 Å². The number of benzene rings is 2. The summed E-state index contributed by atoms with van der Waals surface area (Å²) in [5.74, 6) is 0. The van der Waals surface area contributed by atoms with Gasteiger partial charge in [-0.05, 0) is 12.1 Å². The fraction of sp³-hybridized carbons (Fsp3) is 0.0769. The Morgan fingerprint density at radius 2 is 1.44 bits per heavy atom. The maximum absolute atomic E-state index is 12.9. The smallest absolute Gasteiger partial charge is 0.197 e. The van der Waals surface area contributed by atoms with Crippen molar-refractivity contribution in [2.24, 2.45) is 0 Å². The van der Waals surface area contributed by atoms with Gasteiger partial charge in [0.2, 0.25) is 0 Å². The summed E-state index contributed by atoms with van der Waals surface area (Å²) in [6.45, 7) is 0. The highest BCUT2D eigenvalue weighted by Crippen LogP contribution is 2.50. The summed E-state index contributed by atoms with van der Waals surface area (Å²) in [5.41, 5.74) is 1.54. The Balaban J connectivity index is 2.34. The van der Waals surface area contributed by atoms with E-state index in [2.05, 4.69) is 0 Å². The lowest BCUT2D eigenvalue weighted by Gasteiger charge is -2.43. The number of para-hydroxylation sites is 4. The number of anilines is 2. The molecule has 0 bridgehead atoms. The van der Waals surface area contributed by atoms with Crippen molar-refractivity contribution in [3.63, 3.8) is 0 Å². The van der Waals surface area contributed by atoms with E-state index in [0.29, 0.717) is 22.7 Å². The maximum atomic E-state index is 12.9. The lowest BCUT2D eigenvalue weighted by atomic mass is 10.1. The molecule has 0 atom stereocenters. The molecule has 2 aromatic carbocycles. The normalized spacial score (nSPS) is 16.1. The number of hydrogen-bond acceptors (Lipinski definition) is 4. The Bertz CT molecular complexity index is 553. The molecule has 2 aromatic rings. The van der Waals surface area contributed by atoms with E-state index in [1.807, 2.05) is 0 Å². The summed E-state index contributed by atoms with van der Waals surface area (Å²) >= 11 is 0. The molecule has 1 aliphatic heterocycles. The van der Waals surface area contributed by atoms with Gasteiger partial charge in [0.25, 0.3) is 0 Å². The van der Waals surface area contributed by atoms with Crippen LogP contribution in [0.3, 0.4) is 0 Å². The fourth-order valence-electron chi connectivity index (χ4n) is 2.24. The van der Waals surface area contributed by atoms with Crippen LogP contribution in [0.1, 0.15) is 0 Å². The average Bonchev–Trinajstić information content (AvgIpc) is 2.45. The quantitative estimate of drug-likeness (QED) is 0.618. The van der Waals surface area contributed by atoms with Gasteiger partial charge >= 0.3 is 0 Å². The van der Waals surface area contributed by atoms with Crippen LogP contribution in [0.15, 0.2) is 48.5 Å². The minimum absolute atomic E-state index is 0.348. The minimum Gasteiger partial charge on any atom is -0.588 e. The van der Waals surface area contributed by atoms with Crippen molar-refractivity contribution in [1.82, 2.24) is 4.81 Å². The van der Waals surface area contributed by atoms with E-state index in [1.54, 1.807) is 48.5 Å². The monoisotopic (exact) mass is 244 g/mol. The highest BCUT2D eigenvalue weighted by molar-refractivity contribution is 5.88. The van der Waals surface area contributed by atoms with Crippen LogP contribution in [0.5, 0.6) is 0 Å². The molecule has 0 spiro atoms. The lowest BCUT2D eigenvalue weighted by Crippen LogP contribution is -2.41. The molecule has 1 N–H and O–H groups in total. The van der Waals surface area contributed by atoms with E-state index in [9.17, 15) is 10.4 Å². The molecule has 0 amide bonds. The molecule has 0 aliphatic carbocycles. The van der Waals surface area contributed by atoms with Crippen molar-refractivity contribution in [2.75, 3.05) is 12.2 Å². The Hall–Kier alpha value is -1.92. The van der Waals surface area contributed by atoms with Crippen molar-refractivity contribution >= 4 is 22.7 Å². The van der Waals surface area contributed by atoms with Crippen LogP contribution < -0.4 is 9.87 Å². The highest BCUT2D eigenvalue weighted by atomic mass is 16.9. The van der Waals surface area contributed by atoms with Gasteiger partial charge in [0.15, 0.2) is 11.4 Å². The molecule has 0 saturated heterocycles. The molecule has 92 valence electrons. The predicted molar refractivity (Wildman–Crippen MR) is 68.6 cm³/mol. The first-order valence-corrected chi connectivity index (χ1v) is 5.52. The SMILES string of the molecule is CO[N+]1([O-])c2ccccc2N(O)c2ccccc21. The molecule has 0 aromatic heterocycles. The van der Waals surface area contributed by atoms with Crippen LogP contribution in [0.25, 0.3) is 0 Å². The van der Waals surface area contributed by atoms with E-state index < -0.39 is 4.81 Å². The molecule has 0 unspecified atom stereocenters. The Labute approximate surface area is 104 Å². The van der Waals surface area contributed by atoms with Crippen molar-refractivity contribution in [3.05, 3.63) is 53.7 Å². The largest absolute Gasteiger partial charge is 0.588 e. The zero-order valence-corrected chi connectivity index (χ0v) is 9.78. The zero-order valence-electron chi connectivity index (χ0n) is 9.78. The molecule has 0 fully saturated rings. The summed E-state index contributed by atoms with van der Waals surface area (Å²) in [6.07, 6.45) is 0. The Kier molecular flexibility index (Phi) is 2.36. The fourth-order valence-corrected chi connectivity index (χ4v) is 2.24. The third-order valence-corrected chi connectivity index (χ3v) is 3.11. The van der Waals surface area contributed by atoms with Crippen LogP contribution in [-0.2, 0) is 4.84 Å². The third-order valence-electron chi connectivity index (χ3n) is 3.11. The zero-order chi connectivity index (χ0) is 12.8. The van der Waals surface area contributed by atoms with Crippen molar-refractivity contribution < 1.29 is 10.0 Å². The molecule has 3 rings (SSSR count). The number of fused-ring (bicyclic) bond motifs is 2. The van der Waals surface area contributed by atoms with Crippen LogP contribution in [0.2, 0.25) is 0 Å². The standard InChI is InChI=1S/C13H12N2O3/c1-18-15(17)12-8-4-2-6-10(12)14(16)11-7-3-5-9-13(11)15/h2-9,16H,1H3. The first-order chi connectivity index (χ1) is 8.68.